The molecule has 15 heavy (non-hydrogen) atoms. The number of carbonyl (C=O) groups is 2. The van der Waals surface area contributed by atoms with Gasteiger partial charge in [0.15, 0.2) is 6.29 Å². The van der Waals surface area contributed by atoms with Crippen molar-refractivity contribution in [2.75, 3.05) is 7.11 Å². The van der Waals surface area contributed by atoms with Crippen LogP contribution in [0.5, 0.6) is 0 Å². The van der Waals surface area contributed by atoms with Crippen LogP contribution in [0.4, 0.5) is 0 Å². The lowest BCUT2D eigenvalue weighted by atomic mass is 9.98. The highest BCUT2D eigenvalue weighted by Gasteiger charge is 2.18. The van der Waals surface area contributed by atoms with Crippen molar-refractivity contribution in [3.63, 3.8) is 0 Å². The van der Waals surface area contributed by atoms with Crippen LogP contribution < -0.4 is 0 Å². The lowest BCUT2D eigenvalue weighted by molar-refractivity contribution is 0.0598. The smallest absolute Gasteiger partial charge is 0.339 e. The van der Waals surface area contributed by atoms with Crippen LogP contribution in [-0.2, 0) is 4.74 Å². The number of carbonyl (C=O) groups excluding carboxylic acids is 2. The molecule has 0 aliphatic heterocycles. The fourth-order valence-corrected chi connectivity index (χ4v) is 1.29. The first-order chi connectivity index (χ1) is 7.15. The van der Waals surface area contributed by atoms with Crippen LogP contribution in [0.3, 0.4) is 0 Å². The molecule has 4 nitrogen and oxygen atoms in total. The second-order valence-corrected chi connectivity index (χ2v) is 2.94. The van der Waals surface area contributed by atoms with Gasteiger partial charge in [0.1, 0.15) is 6.07 Å². The molecule has 76 valence electrons. The predicted molar refractivity (Wildman–Crippen MR) is 52.6 cm³/mol. The second kappa shape index (κ2) is 4.38. The van der Waals surface area contributed by atoms with Gasteiger partial charge in [-0.3, -0.25) is 4.79 Å². The third-order valence-corrected chi connectivity index (χ3v) is 2.09. The highest BCUT2D eigenvalue weighted by molar-refractivity contribution is 6.01. The molecule has 0 N–H and O–H groups in total. The third-order valence-electron chi connectivity index (χ3n) is 2.09. The predicted octanol–water partition coefficient (Wildman–Crippen LogP) is 1.47. The van der Waals surface area contributed by atoms with Crippen molar-refractivity contribution in [2.24, 2.45) is 0 Å². The molecule has 0 aliphatic rings. The van der Waals surface area contributed by atoms with E-state index in [4.69, 9.17) is 5.26 Å². The number of benzene rings is 1. The van der Waals surface area contributed by atoms with Crippen molar-refractivity contribution in [1.29, 1.82) is 5.26 Å². The molecule has 4 heteroatoms. The van der Waals surface area contributed by atoms with Crippen molar-refractivity contribution in [3.8, 4) is 6.07 Å². The van der Waals surface area contributed by atoms with Gasteiger partial charge in [-0.1, -0.05) is 6.07 Å². The van der Waals surface area contributed by atoms with Crippen LogP contribution in [0.2, 0.25) is 0 Å². The Morgan fingerprint density at radius 3 is 2.67 bits per heavy atom. The van der Waals surface area contributed by atoms with Crippen LogP contribution in [-0.4, -0.2) is 19.4 Å². The molecule has 0 bridgehead atoms. The Bertz CT molecular complexity index is 458. The summed E-state index contributed by atoms with van der Waals surface area (Å²) in [6.45, 7) is 1.69. The zero-order valence-electron chi connectivity index (χ0n) is 8.40. The number of nitriles is 1. The van der Waals surface area contributed by atoms with E-state index in [1.54, 1.807) is 13.0 Å². The summed E-state index contributed by atoms with van der Waals surface area (Å²) >= 11 is 0. The number of nitrogens with zero attached hydrogens (tertiary/aromatic N) is 1. The average Bonchev–Trinajstić information content (AvgIpc) is 2.27. The van der Waals surface area contributed by atoms with Crippen LogP contribution >= 0.6 is 0 Å². The van der Waals surface area contributed by atoms with E-state index in [2.05, 4.69) is 4.74 Å². The Morgan fingerprint density at radius 1 is 1.53 bits per heavy atom. The summed E-state index contributed by atoms with van der Waals surface area (Å²) in [6.07, 6.45) is 0.558. The lowest BCUT2D eigenvalue weighted by Gasteiger charge is -2.07. The second-order valence-electron chi connectivity index (χ2n) is 2.94. The SMILES string of the molecule is COC(=O)c1c(C#N)ccc(C)c1C=O. The fourth-order valence-electron chi connectivity index (χ4n) is 1.29. The number of esters is 1. The van der Waals surface area contributed by atoms with E-state index in [0.29, 0.717) is 11.8 Å². The Labute approximate surface area is 87.1 Å². The minimum Gasteiger partial charge on any atom is -0.465 e. The van der Waals surface area contributed by atoms with E-state index >= 15 is 0 Å². The van der Waals surface area contributed by atoms with E-state index in [1.165, 1.54) is 13.2 Å². The van der Waals surface area contributed by atoms with Crippen LogP contribution in [0, 0.1) is 18.3 Å². The monoisotopic (exact) mass is 203 g/mol. The number of aryl methyl sites for hydroxylation is 1. The molecule has 0 amide bonds. The molecular formula is C11H9NO3. The van der Waals surface area contributed by atoms with Crippen molar-refractivity contribution in [2.45, 2.75) is 6.92 Å². The fraction of sp³-hybridized carbons (Fsp3) is 0.182. The molecule has 1 rings (SSSR count). The van der Waals surface area contributed by atoms with Crippen molar-refractivity contribution < 1.29 is 14.3 Å². The van der Waals surface area contributed by atoms with Gasteiger partial charge in [-0.25, -0.2) is 4.79 Å². The average molecular weight is 203 g/mol. The number of hydrogen-bond acceptors (Lipinski definition) is 4. The Hall–Kier alpha value is -2.15. The first-order valence-corrected chi connectivity index (χ1v) is 4.23. The Balaban J connectivity index is 3.56. The normalized spacial score (nSPS) is 9.13. The van der Waals surface area contributed by atoms with Crippen LogP contribution in [0.25, 0.3) is 0 Å². The number of hydrogen-bond donors (Lipinski definition) is 0. The molecule has 1 aromatic rings. The summed E-state index contributed by atoms with van der Waals surface area (Å²) in [5, 5.41) is 8.80. The van der Waals surface area contributed by atoms with E-state index in [-0.39, 0.29) is 16.7 Å². The maximum atomic E-state index is 11.4. The highest BCUT2D eigenvalue weighted by atomic mass is 16.5. The van der Waals surface area contributed by atoms with Gasteiger partial charge in [0.05, 0.1) is 18.2 Å². The quantitative estimate of drug-likeness (QED) is 0.539. The maximum absolute atomic E-state index is 11.4. The molecule has 0 saturated carbocycles. The summed E-state index contributed by atoms with van der Waals surface area (Å²) < 4.78 is 4.53. The van der Waals surface area contributed by atoms with Gasteiger partial charge in [0, 0.05) is 5.56 Å². The summed E-state index contributed by atoms with van der Waals surface area (Å²) in [7, 11) is 1.21. The molecule has 0 unspecified atom stereocenters. The van der Waals surface area contributed by atoms with Gasteiger partial charge < -0.3 is 4.74 Å². The minimum absolute atomic E-state index is 0.0370. The molecule has 0 saturated heterocycles. The third kappa shape index (κ3) is 1.86. The molecule has 0 atom stereocenters. The number of rotatable bonds is 2. The van der Waals surface area contributed by atoms with Gasteiger partial charge in [-0.2, -0.15) is 5.26 Å². The molecule has 0 aliphatic carbocycles. The molecule has 0 fully saturated rings. The van der Waals surface area contributed by atoms with Gasteiger partial charge >= 0.3 is 5.97 Å². The first kappa shape index (κ1) is 10.9. The Morgan fingerprint density at radius 2 is 2.20 bits per heavy atom. The first-order valence-electron chi connectivity index (χ1n) is 4.23. The number of methoxy groups -OCH3 is 1. The van der Waals surface area contributed by atoms with Crippen molar-refractivity contribution in [3.05, 3.63) is 34.4 Å². The standard InChI is InChI=1S/C11H9NO3/c1-7-3-4-8(5-12)10(9(7)6-13)11(14)15-2/h3-4,6H,1-2H3. The van der Waals surface area contributed by atoms with Gasteiger partial charge in [-0.15, -0.1) is 0 Å². The van der Waals surface area contributed by atoms with Crippen LogP contribution in [0.1, 0.15) is 31.8 Å². The van der Waals surface area contributed by atoms with Crippen molar-refractivity contribution in [1.82, 2.24) is 0 Å². The number of ether oxygens (including phenoxy) is 1. The zero-order valence-corrected chi connectivity index (χ0v) is 8.40. The molecule has 0 spiro atoms. The van der Waals surface area contributed by atoms with Gasteiger partial charge in [0.2, 0.25) is 0 Å². The van der Waals surface area contributed by atoms with E-state index in [1.807, 2.05) is 6.07 Å². The summed E-state index contributed by atoms with van der Waals surface area (Å²) in [5.41, 5.74) is 1.04. The lowest BCUT2D eigenvalue weighted by Crippen LogP contribution is -2.09. The van der Waals surface area contributed by atoms with Crippen molar-refractivity contribution >= 4 is 12.3 Å². The molecule has 0 heterocycles. The minimum atomic E-state index is -0.669. The maximum Gasteiger partial charge on any atom is 0.339 e. The van der Waals surface area contributed by atoms with Gasteiger partial charge in [-0.05, 0) is 18.6 Å². The van der Waals surface area contributed by atoms with E-state index in [9.17, 15) is 9.59 Å². The van der Waals surface area contributed by atoms with Crippen LogP contribution in [0.15, 0.2) is 12.1 Å². The van der Waals surface area contributed by atoms with E-state index in [0.717, 1.165) is 0 Å². The Kier molecular flexibility index (Phi) is 3.19. The topological polar surface area (TPSA) is 67.2 Å². The molecule has 0 radical (unpaired) electrons. The largest absolute Gasteiger partial charge is 0.465 e. The summed E-state index contributed by atoms with van der Waals surface area (Å²) in [4.78, 5) is 22.2. The highest BCUT2D eigenvalue weighted by Crippen LogP contribution is 2.17. The molecular weight excluding hydrogens is 194 g/mol. The zero-order chi connectivity index (χ0) is 11.4. The molecule has 0 aromatic heterocycles. The van der Waals surface area contributed by atoms with E-state index < -0.39 is 5.97 Å². The number of aldehydes is 1. The summed E-state index contributed by atoms with van der Waals surface area (Å²) in [6, 6.07) is 4.97. The molecule has 1 aromatic carbocycles. The summed E-state index contributed by atoms with van der Waals surface area (Å²) in [5.74, 6) is -0.669. The van der Waals surface area contributed by atoms with Gasteiger partial charge in [0.25, 0.3) is 0 Å².